The molecule has 108 valence electrons. The van der Waals surface area contributed by atoms with Gasteiger partial charge in [-0.15, -0.1) is 12.4 Å². The SMILES string of the molecule is Cl.O=C1NC(c2cccnc2)C(=O)N1c1cccc(Cl)c1. The highest BCUT2D eigenvalue weighted by Crippen LogP contribution is 2.28. The molecule has 1 aliphatic rings. The van der Waals surface area contributed by atoms with E-state index in [-0.39, 0.29) is 18.3 Å². The maximum absolute atomic E-state index is 12.4. The van der Waals surface area contributed by atoms with Gasteiger partial charge in [0, 0.05) is 23.0 Å². The lowest BCUT2D eigenvalue weighted by Gasteiger charge is -2.13. The molecule has 1 aromatic heterocycles. The van der Waals surface area contributed by atoms with Crippen molar-refractivity contribution < 1.29 is 9.59 Å². The number of amides is 3. The zero-order valence-corrected chi connectivity index (χ0v) is 12.3. The fourth-order valence-corrected chi connectivity index (χ4v) is 2.30. The lowest BCUT2D eigenvalue weighted by molar-refractivity contribution is -0.118. The summed E-state index contributed by atoms with van der Waals surface area (Å²) in [6, 6.07) is 8.90. The predicted octanol–water partition coefficient (Wildman–Crippen LogP) is 2.95. The smallest absolute Gasteiger partial charge is 0.321 e. The Morgan fingerprint density at radius 3 is 2.67 bits per heavy atom. The lowest BCUT2D eigenvalue weighted by Crippen LogP contribution is -2.30. The van der Waals surface area contributed by atoms with E-state index < -0.39 is 12.1 Å². The summed E-state index contributed by atoms with van der Waals surface area (Å²) in [7, 11) is 0. The van der Waals surface area contributed by atoms with E-state index in [0.717, 1.165) is 4.90 Å². The monoisotopic (exact) mass is 323 g/mol. The number of halogens is 2. The minimum atomic E-state index is -0.713. The first-order chi connectivity index (χ1) is 9.66. The zero-order valence-electron chi connectivity index (χ0n) is 10.7. The number of rotatable bonds is 2. The molecule has 0 radical (unpaired) electrons. The molecule has 1 saturated heterocycles. The molecule has 1 atom stereocenters. The van der Waals surface area contributed by atoms with E-state index in [1.165, 1.54) is 0 Å². The number of aromatic nitrogens is 1. The van der Waals surface area contributed by atoms with Gasteiger partial charge in [0.2, 0.25) is 0 Å². The second-order valence-electron chi connectivity index (χ2n) is 4.32. The van der Waals surface area contributed by atoms with Crippen LogP contribution in [0.1, 0.15) is 11.6 Å². The van der Waals surface area contributed by atoms with Crippen molar-refractivity contribution in [1.29, 1.82) is 0 Å². The van der Waals surface area contributed by atoms with Gasteiger partial charge in [-0.1, -0.05) is 23.7 Å². The fourth-order valence-electron chi connectivity index (χ4n) is 2.11. The van der Waals surface area contributed by atoms with Crippen LogP contribution in [0.3, 0.4) is 0 Å². The summed E-state index contributed by atoms with van der Waals surface area (Å²) in [5.41, 5.74) is 1.10. The molecule has 1 N–H and O–H groups in total. The molecule has 1 fully saturated rings. The van der Waals surface area contributed by atoms with E-state index >= 15 is 0 Å². The van der Waals surface area contributed by atoms with Crippen LogP contribution in [0, 0.1) is 0 Å². The normalized spacial score (nSPS) is 17.4. The van der Waals surface area contributed by atoms with E-state index in [0.29, 0.717) is 16.3 Å². The van der Waals surface area contributed by atoms with Gasteiger partial charge >= 0.3 is 6.03 Å². The molecule has 3 amide bonds. The first-order valence-electron chi connectivity index (χ1n) is 5.97. The van der Waals surface area contributed by atoms with Crippen LogP contribution < -0.4 is 10.2 Å². The third-order valence-electron chi connectivity index (χ3n) is 3.02. The van der Waals surface area contributed by atoms with Crippen molar-refractivity contribution in [2.75, 3.05) is 4.90 Å². The van der Waals surface area contributed by atoms with E-state index in [2.05, 4.69) is 10.3 Å². The Bertz CT molecular complexity index is 679. The fraction of sp³-hybridized carbons (Fsp3) is 0.0714. The Kier molecular flexibility index (Phi) is 4.45. The van der Waals surface area contributed by atoms with Crippen LogP contribution in [0.2, 0.25) is 5.02 Å². The molecule has 0 saturated carbocycles. The van der Waals surface area contributed by atoms with Crippen LogP contribution in [0.5, 0.6) is 0 Å². The predicted molar refractivity (Wildman–Crippen MR) is 81.7 cm³/mol. The summed E-state index contributed by atoms with van der Waals surface area (Å²) in [6.07, 6.45) is 3.17. The lowest BCUT2D eigenvalue weighted by atomic mass is 10.1. The number of pyridine rings is 1. The first-order valence-corrected chi connectivity index (χ1v) is 6.34. The Hall–Kier alpha value is -2.11. The molecule has 1 unspecified atom stereocenters. The number of nitrogens with zero attached hydrogens (tertiary/aromatic N) is 2. The minimum absolute atomic E-state index is 0. The van der Waals surface area contributed by atoms with Gasteiger partial charge in [0.15, 0.2) is 0 Å². The summed E-state index contributed by atoms with van der Waals surface area (Å²) in [6.45, 7) is 0. The van der Waals surface area contributed by atoms with Crippen molar-refractivity contribution >= 4 is 41.6 Å². The number of carbonyl (C=O) groups excluding carboxylic acids is 2. The average molecular weight is 324 g/mol. The molecule has 0 aliphatic carbocycles. The Labute approximate surface area is 132 Å². The van der Waals surface area contributed by atoms with Crippen molar-refractivity contribution in [2.45, 2.75) is 6.04 Å². The molecular weight excluding hydrogens is 313 g/mol. The molecule has 1 aliphatic heterocycles. The van der Waals surface area contributed by atoms with Gasteiger partial charge in [-0.3, -0.25) is 9.78 Å². The molecule has 0 spiro atoms. The number of imide groups is 1. The highest BCUT2D eigenvalue weighted by molar-refractivity contribution is 6.31. The summed E-state index contributed by atoms with van der Waals surface area (Å²) >= 11 is 5.89. The van der Waals surface area contributed by atoms with E-state index in [1.54, 1.807) is 48.8 Å². The zero-order chi connectivity index (χ0) is 14.1. The van der Waals surface area contributed by atoms with Gasteiger partial charge < -0.3 is 5.32 Å². The molecule has 21 heavy (non-hydrogen) atoms. The third kappa shape index (κ3) is 2.84. The van der Waals surface area contributed by atoms with Gasteiger partial charge in [0.1, 0.15) is 6.04 Å². The highest BCUT2D eigenvalue weighted by Gasteiger charge is 2.40. The van der Waals surface area contributed by atoms with Crippen LogP contribution in [0.4, 0.5) is 10.5 Å². The van der Waals surface area contributed by atoms with Gasteiger partial charge in [0.25, 0.3) is 5.91 Å². The van der Waals surface area contributed by atoms with Crippen LogP contribution in [-0.4, -0.2) is 16.9 Å². The van der Waals surface area contributed by atoms with Crippen LogP contribution in [0.25, 0.3) is 0 Å². The topological polar surface area (TPSA) is 62.3 Å². The van der Waals surface area contributed by atoms with Gasteiger partial charge in [-0.25, -0.2) is 9.69 Å². The number of hydrogen-bond donors (Lipinski definition) is 1. The second-order valence-corrected chi connectivity index (χ2v) is 4.76. The van der Waals surface area contributed by atoms with Crippen LogP contribution in [-0.2, 0) is 4.79 Å². The Morgan fingerprint density at radius 1 is 1.19 bits per heavy atom. The van der Waals surface area contributed by atoms with E-state index in [1.807, 2.05) is 0 Å². The molecule has 2 aromatic rings. The summed E-state index contributed by atoms with van der Waals surface area (Å²) in [5.74, 6) is -0.342. The summed E-state index contributed by atoms with van der Waals surface area (Å²) < 4.78 is 0. The van der Waals surface area contributed by atoms with Crippen LogP contribution >= 0.6 is 24.0 Å². The number of benzene rings is 1. The Balaban J connectivity index is 0.00000161. The van der Waals surface area contributed by atoms with E-state index in [9.17, 15) is 9.59 Å². The van der Waals surface area contributed by atoms with Gasteiger partial charge in [-0.2, -0.15) is 0 Å². The quantitative estimate of drug-likeness (QED) is 0.864. The van der Waals surface area contributed by atoms with Crippen molar-refractivity contribution in [3.63, 3.8) is 0 Å². The standard InChI is InChI=1S/C14H10ClN3O2.ClH/c15-10-4-1-5-11(7-10)18-13(19)12(17-14(18)20)9-3-2-6-16-8-9;/h1-8,12H,(H,17,20);1H. The van der Waals surface area contributed by atoms with Gasteiger partial charge in [0.05, 0.1) is 5.69 Å². The molecular formula is C14H11Cl2N3O2. The average Bonchev–Trinajstić information content (AvgIpc) is 2.75. The molecule has 3 rings (SSSR count). The molecule has 0 bridgehead atoms. The number of nitrogens with one attached hydrogen (secondary N) is 1. The number of hydrogen-bond acceptors (Lipinski definition) is 3. The van der Waals surface area contributed by atoms with Gasteiger partial charge in [-0.05, 0) is 24.3 Å². The minimum Gasteiger partial charge on any atom is -0.321 e. The maximum atomic E-state index is 12.4. The first kappa shape index (κ1) is 15.3. The second kappa shape index (κ2) is 6.11. The van der Waals surface area contributed by atoms with Crippen molar-refractivity contribution in [3.05, 3.63) is 59.4 Å². The third-order valence-corrected chi connectivity index (χ3v) is 3.26. The van der Waals surface area contributed by atoms with Crippen molar-refractivity contribution in [3.8, 4) is 0 Å². The maximum Gasteiger partial charge on any atom is 0.329 e. The molecule has 1 aromatic carbocycles. The number of urea groups is 1. The number of anilines is 1. The summed E-state index contributed by atoms with van der Waals surface area (Å²) in [4.78, 5) is 29.5. The highest BCUT2D eigenvalue weighted by atomic mass is 35.5. The largest absolute Gasteiger partial charge is 0.329 e. The molecule has 2 heterocycles. The molecule has 5 nitrogen and oxygen atoms in total. The number of carbonyl (C=O) groups is 2. The summed E-state index contributed by atoms with van der Waals surface area (Å²) in [5, 5.41) is 3.11. The van der Waals surface area contributed by atoms with Crippen molar-refractivity contribution in [1.82, 2.24) is 10.3 Å². The van der Waals surface area contributed by atoms with Crippen molar-refractivity contribution in [2.24, 2.45) is 0 Å². The van der Waals surface area contributed by atoms with Crippen LogP contribution in [0.15, 0.2) is 48.8 Å². The Morgan fingerprint density at radius 2 is 2.00 bits per heavy atom. The molecule has 7 heteroatoms. The van der Waals surface area contributed by atoms with E-state index in [4.69, 9.17) is 11.6 Å².